The van der Waals surface area contributed by atoms with Crippen LogP contribution in [0.15, 0.2) is 28.7 Å². The number of benzene rings is 1. The highest BCUT2D eigenvalue weighted by Gasteiger charge is 2.17. The molecule has 0 saturated heterocycles. The van der Waals surface area contributed by atoms with Crippen molar-refractivity contribution < 1.29 is 23.5 Å². The van der Waals surface area contributed by atoms with Gasteiger partial charge in [-0.05, 0) is 31.2 Å². The first-order chi connectivity index (χ1) is 10.4. The number of furan rings is 1. The molecule has 0 unspecified atom stereocenters. The Balaban J connectivity index is 2.05. The summed E-state index contributed by atoms with van der Waals surface area (Å²) in [5.74, 6) is -0.735. The van der Waals surface area contributed by atoms with Crippen molar-refractivity contribution in [1.29, 1.82) is 0 Å². The third kappa shape index (κ3) is 3.61. The fourth-order valence-electron chi connectivity index (χ4n) is 1.76. The van der Waals surface area contributed by atoms with Gasteiger partial charge in [0.2, 0.25) is 5.76 Å². The maximum atomic E-state index is 11.9. The van der Waals surface area contributed by atoms with Gasteiger partial charge in [-0.2, -0.15) is 0 Å². The molecule has 0 radical (unpaired) electrons. The second kappa shape index (κ2) is 6.85. The predicted molar refractivity (Wildman–Crippen MR) is 80.4 cm³/mol. The van der Waals surface area contributed by atoms with Gasteiger partial charge >= 0.3 is 11.9 Å². The van der Waals surface area contributed by atoms with Gasteiger partial charge in [0, 0.05) is 5.56 Å². The minimum Gasteiger partial charge on any atom is -0.463 e. The highest BCUT2D eigenvalue weighted by molar-refractivity contribution is 6.42. The third-order valence-electron chi connectivity index (χ3n) is 2.84. The quantitative estimate of drug-likeness (QED) is 0.784. The van der Waals surface area contributed by atoms with Crippen LogP contribution < -0.4 is 0 Å². The fourth-order valence-corrected chi connectivity index (χ4v) is 2.06. The van der Waals surface area contributed by atoms with E-state index in [1.54, 1.807) is 13.0 Å². The Kier molecular flexibility index (Phi) is 5.11. The lowest BCUT2D eigenvalue weighted by molar-refractivity contribution is 0.0438. The molecule has 116 valence electrons. The Bertz CT molecular complexity index is 721. The first-order valence-electron chi connectivity index (χ1n) is 6.22. The van der Waals surface area contributed by atoms with Crippen molar-refractivity contribution in [1.82, 2.24) is 0 Å². The van der Waals surface area contributed by atoms with E-state index in [1.165, 1.54) is 25.3 Å². The summed E-state index contributed by atoms with van der Waals surface area (Å²) in [7, 11) is 1.26. The summed E-state index contributed by atoms with van der Waals surface area (Å²) in [5.41, 5.74) is 0.873. The van der Waals surface area contributed by atoms with Crippen molar-refractivity contribution in [2.45, 2.75) is 13.5 Å². The van der Waals surface area contributed by atoms with Crippen LogP contribution in [-0.4, -0.2) is 19.0 Å². The molecule has 0 bridgehead atoms. The predicted octanol–water partition coefficient (Wildman–Crippen LogP) is 4.04. The summed E-state index contributed by atoms with van der Waals surface area (Å²) in [6, 6.07) is 6.03. The first kappa shape index (κ1) is 16.4. The van der Waals surface area contributed by atoms with Crippen LogP contribution in [0.2, 0.25) is 10.0 Å². The van der Waals surface area contributed by atoms with E-state index in [-0.39, 0.29) is 23.0 Å². The van der Waals surface area contributed by atoms with Gasteiger partial charge in [0.05, 0.1) is 22.7 Å². The SMILES string of the molecule is COC(=O)c1oc(COC(=O)c2ccc(Cl)c(Cl)c2)cc1C. The summed E-state index contributed by atoms with van der Waals surface area (Å²) in [5, 5.41) is 0.612. The van der Waals surface area contributed by atoms with E-state index in [2.05, 4.69) is 4.74 Å². The van der Waals surface area contributed by atoms with E-state index in [0.29, 0.717) is 16.3 Å². The molecule has 0 N–H and O–H groups in total. The Labute approximate surface area is 136 Å². The van der Waals surface area contributed by atoms with Crippen molar-refractivity contribution in [3.8, 4) is 0 Å². The number of halogens is 2. The lowest BCUT2D eigenvalue weighted by Gasteiger charge is -2.04. The van der Waals surface area contributed by atoms with Crippen LogP contribution in [-0.2, 0) is 16.1 Å². The Morgan fingerprint density at radius 3 is 2.50 bits per heavy atom. The number of aryl methyl sites for hydroxylation is 1. The molecule has 2 aromatic rings. The number of methoxy groups -OCH3 is 1. The van der Waals surface area contributed by atoms with Crippen molar-refractivity contribution in [2.75, 3.05) is 7.11 Å². The fraction of sp³-hybridized carbons (Fsp3) is 0.200. The summed E-state index contributed by atoms with van der Waals surface area (Å²) in [6.45, 7) is 1.58. The van der Waals surface area contributed by atoms with Crippen molar-refractivity contribution in [3.05, 3.63) is 57.0 Å². The standard InChI is InChI=1S/C15H12Cl2O5/c1-8-5-10(22-13(8)15(19)20-2)7-21-14(18)9-3-4-11(16)12(17)6-9/h3-6H,7H2,1-2H3. The molecule has 1 heterocycles. The lowest BCUT2D eigenvalue weighted by atomic mass is 10.2. The van der Waals surface area contributed by atoms with E-state index < -0.39 is 11.9 Å². The van der Waals surface area contributed by atoms with Gasteiger partial charge < -0.3 is 13.9 Å². The molecule has 1 aromatic heterocycles. The molecular weight excluding hydrogens is 331 g/mol. The zero-order valence-electron chi connectivity index (χ0n) is 11.8. The van der Waals surface area contributed by atoms with Gasteiger partial charge in [0.25, 0.3) is 0 Å². The summed E-state index contributed by atoms with van der Waals surface area (Å²) >= 11 is 11.6. The Hall–Kier alpha value is -1.98. The highest BCUT2D eigenvalue weighted by Crippen LogP contribution is 2.23. The zero-order valence-corrected chi connectivity index (χ0v) is 13.3. The van der Waals surface area contributed by atoms with E-state index in [4.69, 9.17) is 32.4 Å². The van der Waals surface area contributed by atoms with Gasteiger partial charge in [-0.15, -0.1) is 0 Å². The van der Waals surface area contributed by atoms with Crippen LogP contribution in [0.25, 0.3) is 0 Å². The minimum atomic E-state index is -0.584. The first-order valence-corrected chi connectivity index (χ1v) is 6.97. The molecule has 0 amide bonds. The highest BCUT2D eigenvalue weighted by atomic mass is 35.5. The molecule has 0 fully saturated rings. The van der Waals surface area contributed by atoms with Gasteiger partial charge in [0.15, 0.2) is 0 Å². The number of hydrogen-bond donors (Lipinski definition) is 0. The molecule has 0 atom stereocenters. The summed E-state index contributed by atoms with van der Waals surface area (Å²) in [4.78, 5) is 23.3. The average Bonchev–Trinajstić information content (AvgIpc) is 2.87. The Morgan fingerprint density at radius 2 is 1.86 bits per heavy atom. The van der Waals surface area contributed by atoms with E-state index in [9.17, 15) is 9.59 Å². The van der Waals surface area contributed by atoms with Crippen molar-refractivity contribution in [3.63, 3.8) is 0 Å². The molecule has 22 heavy (non-hydrogen) atoms. The molecular formula is C15H12Cl2O5. The second-order valence-electron chi connectivity index (χ2n) is 4.42. The smallest absolute Gasteiger partial charge is 0.374 e. The van der Waals surface area contributed by atoms with E-state index in [1.807, 2.05) is 0 Å². The lowest BCUT2D eigenvalue weighted by Crippen LogP contribution is -2.05. The molecule has 0 aliphatic carbocycles. The minimum absolute atomic E-state index is 0.0862. The summed E-state index contributed by atoms with van der Waals surface area (Å²) in [6.07, 6.45) is 0. The van der Waals surface area contributed by atoms with Crippen LogP contribution >= 0.6 is 23.2 Å². The zero-order chi connectivity index (χ0) is 16.3. The molecule has 7 heteroatoms. The molecule has 0 spiro atoms. The maximum absolute atomic E-state index is 11.9. The third-order valence-corrected chi connectivity index (χ3v) is 3.58. The maximum Gasteiger partial charge on any atom is 0.374 e. The van der Waals surface area contributed by atoms with Crippen LogP contribution in [0.3, 0.4) is 0 Å². The van der Waals surface area contributed by atoms with Gasteiger partial charge in [-0.25, -0.2) is 9.59 Å². The number of carbonyl (C=O) groups is 2. The number of rotatable bonds is 4. The van der Waals surface area contributed by atoms with Crippen LogP contribution in [0.4, 0.5) is 0 Å². The molecule has 1 aromatic carbocycles. The molecule has 2 rings (SSSR count). The van der Waals surface area contributed by atoms with Crippen molar-refractivity contribution >= 4 is 35.1 Å². The molecule has 0 saturated carbocycles. The number of ether oxygens (including phenoxy) is 2. The largest absolute Gasteiger partial charge is 0.463 e. The normalized spacial score (nSPS) is 10.4. The molecule has 0 aliphatic rings. The number of carbonyl (C=O) groups excluding carboxylic acids is 2. The average molecular weight is 343 g/mol. The van der Waals surface area contributed by atoms with Crippen LogP contribution in [0, 0.1) is 6.92 Å². The van der Waals surface area contributed by atoms with Gasteiger partial charge in [-0.1, -0.05) is 23.2 Å². The van der Waals surface area contributed by atoms with Crippen LogP contribution in [0.1, 0.15) is 32.2 Å². The number of esters is 2. The van der Waals surface area contributed by atoms with E-state index >= 15 is 0 Å². The topological polar surface area (TPSA) is 65.7 Å². The van der Waals surface area contributed by atoms with Gasteiger partial charge in [-0.3, -0.25) is 0 Å². The van der Waals surface area contributed by atoms with Gasteiger partial charge in [0.1, 0.15) is 12.4 Å². The second-order valence-corrected chi connectivity index (χ2v) is 5.24. The molecule has 5 nitrogen and oxygen atoms in total. The monoisotopic (exact) mass is 342 g/mol. The van der Waals surface area contributed by atoms with E-state index in [0.717, 1.165) is 0 Å². The Morgan fingerprint density at radius 1 is 1.14 bits per heavy atom. The summed E-state index contributed by atoms with van der Waals surface area (Å²) < 4.78 is 15.0. The van der Waals surface area contributed by atoms with Crippen molar-refractivity contribution in [2.24, 2.45) is 0 Å². The molecule has 0 aliphatic heterocycles. The number of hydrogen-bond acceptors (Lipinski definition) is 5. The van der Waals surface area contributed by atoms with Crippen LogP contribution in [0.5, 0.6) is 0 Å².